The summed E-state index contributed by atoms with van der Waals surface area (Å²) in [6.45, 7) is 0.523. The SMILES string of the molecule is O=C(NCC1CCCC1CO)c1ccc([N+](=O)[O-])c(F)c1. The molecule has 1 aromatic rings. The predicted octanol–water partition coefficient (Wildman–Crippen LogP) is 1.87. The standard InChI is InChI=1S/C14H17FN2O4/c15-12-6-9(4-5-13(12)17(20)21)14(19)16-7-10-2-1-3-11(10)8-18/h4-6,10-11,18H,1-3,7-8H2,(H,16,19). The molecule has 0 spiro atoms. The molecule has 6 nitrogen and oxygen atoms in total. The number of nitro benzene ring substituents is 1. The molecular weight excluding hydrogens is 279 g/mol. The fourth-order valence-corrected chi connectivity index (χ4v) is 2.74. The number of aliphatic hydroxyl groups excluding tert-OH is 1. The Labute approximate surface area is 121 Å². The van der Waals surface area contributed by atoms with Gasteiger partial charge in [0.1, 0.15) is 0 Å². The van der Waals surface area contributed by atoms with Gasteiger partial charge in [0.25, 0.3) is 5.91 Å². The van der Waals surface area contributed by atoms with E-state index >= 15 is 0 Å². The minimum Gasteiger partial charge on any atom is -0.396 e. The van der Waals surface area contributed by atoms with Gasteiger partial charge in [0.15, 0.2) is 0 Å². The van der Waals surface area contributed by atoms with Crippen molar-refractivity contribution in [2.45, 2.75) is 19.3 Å². The number of rotatable bonds is 5. The summed E-state index contributed by atoms with van der Waals surface area (Å²) < 4.78 is 13.5. The van der Waals surface area contributed by atoms with E-state index < -0.39 is 22.3 Å². The van der Waals surface area contributed by atoms with Gasteiger partial charge in [-0.15, -0.1) is 0 Å². The molecule has 2 N–H and O–H groups in total. The van der Waals surface area contributed by atoms with Crippen LogP contribution in [-0.4, -0.2) is 29.1 Å². The fraction of sp³-hybridized carbons (Fsp3) is 0.500. The first-order chi connectivity index (χ1) is 10.0. The molecule has 0 aromatic heterocycles. The van der Waals surface area contributed by atoms with Crippen LogP contribution in [0.15, 0.2) is 18.2 Å². The highest BCUT2D eigenvalue weighted by atomic mass is 19.1. The number of nitrogens with zero attached hydrogens (tertiary/aromatic N) is 1. The fourth-order valence-electron chi connectivity index (χ4n) is 2.74. The van der Waals surface area contributed by atoms with Crippen LogP contribution in [0.5, 0.6) is 0 Å². The molecule has 7 heteroatoms. The van der Waals surface area contributed by atoms with Crippen LogP contribution in [0.25, 0.3) is 0 Å². The lowest BCUT2D eigenvalue weighted by atomic mass is 9.97. The lowest BCUT2D eigenvalue weighted by Gasteiger charge is -2.17. The van der Waals surface area contributed by atoms with Crippen LogP contribution in [0.4, 0.5) is 10.1 Å². The summed E-state index contributed by atoms with van der Waals surface area (Å²) in [5.41, 5.74) is -0.598. The van der Waals surface area contributed by atoms with Gasteiger partial charge in [0.05, 0.1) is 4.92 Å². The van der Waals surface area contributed by atoms with Crippen molar-refractivity contribution in [1.82, 2.24) is 5.32 Å². The molecule has 2 atom stereocenters. The molecule has 21 heavy (non-hydrogen) atoms. The van der Waals surface area contributed by atoms with Crippen molar-refractivity contribution in [3.05, 3.63) is 39.7 Å². The molecule has 0 bridgehead atoms. The second-order valence-electron chi connectivity index (χ2n) is 5.27. The summed E-state index contributed by atoms with van der Waals surface area (Å²) in [7, 11) is 0. The quantitative estimate of drug-likeness (QED) is 0.641. The van der Waals surface area contributed by atoms with E-state index in [0.29, 0.717) is 6.54 Å². The molecule has 0 saturated heterocycles. The number of nitro groups is 1. The predicted molar refractivity (Wildman–Crippen MR) is 73.3 cm³/mol. The van der Waals surface area contributed by atoms with Gasteiger partial charge in [-0.25, -0.2) is 0 Å². The van der Waals surface area contributed by atoms with Crippen molar-refractivity contribution < 1.29 is 19.2 Å². The van der Waals surface area contributed by atoms with Crippen LogP contribution in [-0.2, 0) is 0 Å². The summed E-state index contributed by atoms with van der Waals surface area (Å²) in [5, 5.41) is 22.4. The van der Waals surface area contributed by atoms with E-state index in [4.69, 9.17) is 0 Å². The third-order valence-electron chi connectivity index (χ3n) is 3.98. The van der Waals surface area contributed by atoms with Crippen molar-refractivity contribution in [3.8, 4) is 0 Å². The first-order valence-corrected chi connectivity index (χ1v) is 6.86. The Kier molecular flexibility index (Phi) is 4.85. The van der Waals surface area contributed by atoms with E-state index in [1.807, 2.05) is 0 Å². The summed E-state index contributed by atoms with van der Waals surface area (Å²) in [6.07, 6.45) is 2.92. The number of aliphatic hydroxyl groups is 1. The molecule has 1 aliphatic rings. The van der Waals surface area contributed by atoms with Crippen LogP contribution >= 0.6 is 0 Å². The maximum atomic E-state index is 13.5. The molecule has 1 saturated carbocycles. The molecule has 1 aliphatic carbocycles. The lowest BCUT2D eigenvalue weighted by molar-refractivity contribution is -0.387. The lowest BCUT2D eigenvalue weighted by Crippen LogP contribution is -2.31. The van der Waals surface area contributed by atoms with E-state index in [0.717, 1.165) is 31.4 Å². The normalized spacial score (nSPS) is 21.2. The number of nitrogens with one attached hydrogen (secondary N) is 1. The average Bonchev–Trinajstić information content (AvgIpc) is 2.91. The van der Waals surface area contributed by atoms with Gasteiger partial charge >= 0.3 is 5.69 Å². The first-order valence-electron chi connectivity index (χ1n) is 6.86. The van der Waals surface area contributed by atoms with Crippen LogP contribution in [0.1, 0.15) is 29.6 Å². The first kappa shape index (κ1) is 15.4. The maximum absolute atomic E-state index is 13.5. The zero-order valence-corrected chi connectivity index (χ0v) is 11.4. The van der Waals surface area contributed by atoms with E-state index in [2.05, 4.69) is 5.32 Å². The average molecular weight is 296 g/mol. The minimum atomic E-state index is -1.03. The molecule has 0 aliphatic heterocycles. The number of carbonyl (C=O) groups is 1. The number of hydrogen-bond acceptors (Lipinski definition) is 4. The highest BCUT2D eigenvalue weighted by Crippen LogP contribution is 2.30. The summed E-state index contributed by atoms with van der Waals surface area (Å²) in [5.74, 6) is -1.07. The number of hydrogen-bond donors (Lipinski definition) is 2. The number of amides is 1. The molecule has 0 radical (unpaired) electrons. The largest absolute Gasteiger partial charge is 0.396 e. The zero-order chi connectivity index (χ0) is 15.4. The minimum absolute atomic E-state index is 0.0524. The van der Waals surface area contributed by atoms with E-state index in [1.165, 1.54) is 6.07 Å². The van der Waals surface area contributed by atoms with Crippen molar-refractivity contribution in [3.63, 3.8) is 0 Å². The van der Waals surface area contributed by atoms with Gasteiger partial charge in [-0.1, -0.05) is 6.42 Å². The second kappa shape index (κ2) is 6.62. The Morgan fingerprint density at radius 1 is 1.43 bits per heavy atom. The molecular formula is C14H17FN2O4. The summed E-state index contributed by atoms with van der Waals surface area (Å²) in [6, 6.07) is 3.08. The highest BCUT2D eigenvalue weighted by Gasteiger charge is 2.27. The van der Waals surface area contributed by atoms with Gasteiger partial charge in [0.2, 0.25) is 5.82 Å². The Balaban J connectivity index is 1.97. The van der Waals surface area contributed by atoms with E-state index in [9.17, 15) is 24.4 Å². The van der Waals surface area contributed by atoms with Crippen molar-refractivity contribution in [2.24, 2.45) is 11.8 Å². The third-order valence-corrected chi connectivity index (χ3v) is 3.98. The monoisotopic (exact) mass is 296 g/mol. The highest BCUT2D eigenvalue weighted by molar-refractivity contribution is 5.94. The zero-order valence-electron chi connectivity index (χ0n) is 11.4. The third kappa shape index (κ3) is 3.55. The van der Waals surface area contributed by atoms with Crippen LogP contribution in [0.2, 0.25) is 0 Å². The number of halogens is 1. The van der Waals surface area contributed by atoms with Crippen LogP contribution in [0.3, 0.4) is 0 Å². The molecule has 114 valence electrons. The van der Waals surface area contributed by atoms with Crippen LogP contribution in [0, 0.1) is 27.8 Å². The van der Waals surface area contributed by atoms with Crippen molar-refractivity contribution in [1.29, 1.82) is 0 Å². The second-order valence-corrected chi connectivity index (χ2v) is 5.27. The Hall–Kier alpha value is -2.02. The molecule has 1 fully saturated rings. The Morgan fingerprint density at radius 3 is 2.76 bits per heavy atom. The molecule has 0 heterocycles. The summed E-state index contributed by atoms with van der Waals surface area (Å²) >= 11 is 0. The topological polar surface area (TPSA) is 92.5 Å². The molecule has 1 aromatic carbocycles. The maximum Gasteiger partial charge on any atom is 0.304 e. The van der Waals surface area contributed by atoms with Gasteiger partial charge < -0.3 is 10.4 Å². The van der Waals surface area contributed by atoms with Gasteiger partial charge in [-0.05, 0) is 36.8 Å². The van der Waals surface area contributed by atoms with Gasteiger partial charge in [0, 0.05) is 24.8 Å². The van der Waals surface area contributed by atoms with Crippen molar-refractivity contribution in [2.75, 3.05) is 13.2 Å². The van der Waals surface area contributed by atoms with E-state index in [-0.39, 0.29) is 24.0 Å². The van der Waals surface area contributed by atoms with Gasteiger partial charge in [-0.3, -0.25) is 14.9 Å². The van der Waals surface area contributed by atoms with E-state index in [1.54, 1.807) is 0 Å². The molecule has 2 unspecified atom stereocenters. The number of carbonyl (C=O) groups excluding carboxylic acids is 1. The number of benzene rings is 1. The van der Waals surface area contributed by atoms with Crippen molar-refractivity contribution >= 4 is 11.6 Å². The molecule has 2 rings (SSSR count). The van der Waals surface area contributed by atoms with Gasteiger partial charge in [-0.2, -0.15) is 4.39 Å². The smallest absolute Gasteiger partial charge is 0.304 e. The van der Waals surface area contributed by atoms with Crippen LogP contribution < -0.4 is 5.32 Å². The summed E-state index contributed by atoms with van der Waals surface area (Å²) in [4.78, 5) is 21.6. The Morgan fingerprint density at radius 2 is 2.14 bits per heavy atom. The Bertz CT molecular complexity index is 550. The molecule has 1 amide bonds.